The first-order chi connectivity index (χ1) is 7.42. The molecule has 0 saturated carbocycles. The van der Waals surface area contributed by atoms with Gasteiger partial charge >= 0.3 is 0 Å². The van der Waals surface area contributed by atoms with Crippen LogP contribution >= 0.6 is 24.8 Å². The molecule has 0 atom stereocenters. The summed E-state index contributed by atoms with van der Waals surface area (Å²) in [7, 11) is 0. The van der Waals surface area contributed by atoms with Gasteiger partial charge < -0.3 is 10.2 Å². The van der Waals surface area contributed by atoms with E-state index in [-0.39, 0.29) is 24.8 Å². The number of nitrogens with two attached hydrogens (primary N) is 1. The first kappa shape index (κ1) is 15.5. The zero-order chi connectivity index (χ0) is 10.5. The number of furan rings is 1. The maximum atomic E-state index is 5.33. The fraction of sp³-hybridized carbons (Fsp3) is 0.0833. The van der Waals surface area contributed by atoms with Gasteiger partial charge in [0.15, 0.2) is 0 Å². The van der Waals surface area contributed by atoms with E-state index >= 15 is 0 Å². The van der Waals surface area contributed by atoms with Crippen LogP contribution in [0.4, 0.5) is 0 Å². The van der Waals surface area contributed by atoms with E-state index in [4.69, 9.17) is 10.2 Å². The highest BCUT2D eigenvalue weighted by molar-refractivity contribution is 5.85. The van der Waals surface area contributed by atoms with Gasteiger partial charge in [0, 0.05) is 18.0 Å². The third-order valence-electron chi connectivity index (χ3n) is 1.93. The van der Waals surface area contributed by atoms with Crippen molar-refractivity contribution in [3.63, 3.8) is 0 Å². The molecule has 0 unspecified atom stereocenters. The van der Waals surface area contributed by atoms with Crippen LogP contribution in [0.1, 0.15) is 5.56 Å². The number of halogens is 2. The van der Waals surface area contributed by atoms with Crippen LogP contribution in [0, 0.1) is 11.8 Å². The van der Waals surface area contributed by atoms with E-state index < -0.39 is 0 Å². The maximum Gasteiger partial charge on any atom is 0.135 e. The van der Waals surface area contributed by atoms with Crippen molar-refractivity contribution in [1.29, 1.82) is 0 Å². The summed E-state index contributed by atoms with van der Waals surface area (Å²) in [6.45, 7) is 0.340. The molecule has 2 heterocycles. The van der Waals surface area contributed by atoms with Gasteiger partial charge in [-0.1, -0.05) is 11.8 Å². The summed E-state index contributed by atoms with van der Waals surface area (Å²) in [6.07, 6.45) is 5.06. The molecule has 2 rings (SSSR count). The van der Waals surface area contributed by atoms with Crippen molar-refractivity contribution in [1.82, 2.24) is 4.98 Å². The van der Waals surface area contributed by atoms with Crippen molar-refractivity contribution in [2.75, 3.05) is 6.54 Å². The molecule has 0 radical (unpaired) electrons. The van der Waals surface area contributed by atoms with Crippen molar-refractivity contribution >= 4 is 24.8 Å². The van der Waals surface area contributed by atoms with Crippen molar-refractivity contribution in [2.45, 2.75) is 0 Å². The highest BCUT2D eigenvalue weighted by Crippen LogP contribution is 2.22. The highest BCUT2D eigenvalue weighted by atomic mass is 35.5. The van der Waals surface area contributed by atoms with Crippen molar-refractivity contribution in [3.8, 4) is 23.2 Å². The molecule has 90 valence electrons. The van der Waals surface area contributed by atoms with Gasteiger partial charge in [-0.3, -0.25) is 4.98 Å². The highest BCUT2D eigenvalue weighted by Gasteiger charge is 2.04. The first-order valence-corrected chi connectivity index (χ1v) is 4.58. The molecule has 0 fully saturated rings. The van der Waals surface area contributed by atoms with Crippen molar-refractivity contribution in [2.24, 2.45) is 5.73 Å². The van der Waals surface area contributed by atoms with E-state index in [0.717, 1.165) is 16.9 Å². The summed E-state index contributed by atoms with van der Waals surface area (Å²) in [4.78, 5) is 4.02. The van der Waals surface area contributed by atoms with Crippen LogP contribution in [0.15, 0.2) is 41.3 Å². The Bertz CT molecular complexity index is 501. The van der Waals surface area contributed by atoms with Gasteiger partial charge in [-0.2, -0.15) is 0 Å². The molecule has 0 aliphatic carbocycles. The molecule has 0 spiro atoms. The molecule has 2 aromatic rings. The average molecular weight is 271 g/mol. The van der Waals surface area contributed by atoms with Crippen LogP contribution in [0.5, 0.6) is 0 Å². The summed E-state index contributed by atoms with van der Waals surface area (Å²) in [5.74, 6) is 6.56. The van der Waals surface area contributed by atoms with E-state index in [1.165, 1.54) is 0 Å². The number of hydrogen-bond donors (Lipinski definition) is 1. The minimum absolute atomic E-state index is 0. The van der Waals surface area contributed by atoms with Gasteiger partial charge in [-0.15, -0.1) is 24.8 Å². The number of aromatic nitrogens is 1. The number of pyridine rings is 1. The van der Waals surface area contributed by atoms with Gasteiger partial charge in [0.25, 0.3) is 0 Å². The lowest BCUT2D eigenvalue weighted by atomic mass is 10.1. The Balaban J connectivity index is 0.00000128. The van der Waals surface area contributed by atoms with Gasteiger partial charge in [-0.25, -0.2) is 0 Å². The fourth-order valence-corrected chi connectivity index (χ4v) is 1.29. The lowest BCUT2D eigenvalue weighted by Gasteiger charge is -1.99. The molecule has 0 amide bonds. The van der Waals surface area contributed by atoms with Gasteiger partial charge in [-0.05, 0) is 18.2 Å². The van der Waals surface area contributed by atoms with Crippen molar-refractivity contribution < 1.29 is 4.42 Å². The SMILES string of the molecule is Cl.Cl.NCC#Cc1cnccc1-c1ccco1. The maximum absolute atomic E-state index is 5.33. The fourth-order valence-electron chi connectivity index (χ4n) is 1.29. The number of hydrogen-bond acceptors (Lipinski definition) is 3. The van der Waals surface area contributed by atoms with E-state index in [1.54, 1.807) is 18.7 Å². The zero-order valence-electron chi connectivity index (χ0n) is 8.92. The normalized spacial score (nSPS) is 8.29. The van der Waals surface area contributed by atoms with Crippen molar-refractivity contribution in [3.05, 3.63) is 42.4 Å². The van der Waals surface area contributed by atoms with Crippen LogP contribution in [0.3, 0.4) is 0 Å². The van der Waals surface area contributed by atoms with Crippen LogP contribution in [0.25, 0.3) is 11.3 Å². The Morgan fingerprint density at radius 1 is 1.29 bits per heavy atom. The number of nitrogens with zero attached hydrogens (tertiary/aromatic N) is 1. The second kappa shape index (κ2) is 7.75. The summed E-state index contributed by atoms with van der Waals surface area (Å²) in [5.41, 5.74) is 7.10. The molecule has 0 aliphatic heterocycles. The summed E-state index contributed by atoms with van der Waals surface area (Å²) < 4.78 is 5.31. The van der Waals surface area contributed by atoms with Gasteiger partial charge in [0.1, 0.15) is 5.76 Å². The lowest BCUT2D eigenvalue weighted by Crippen LogP contribution is -1.93. The summed E-state index contributed by atoms with van der Waals surface area (Å²) in [6, 6.07) is 5.61. The predicted molar refractivity (Wildman–Crippen MR) is 72.4 cm³/mol. The molecule has 5 heteroatoms. The largest absolute Gasteiger partial charge is 0.464 e. The smallest absolute Gasteiger partial charge is 0.135 e. The molecular formula is C12H12Cl2N2O. The second-order valence-electron chi connectivity index (χ2n) is 2.90. The van der Waals surface area contributed by atoms with Gasteiger partial charge in [0.2, 0.25) is 0 Å². The summed E-state index contributed by atoms with van der Waals surface area (Å²) >= 11 is 0. The Hall–Kier alpha value is -1.47. The van der Waals surface area contributed by atoms with E-state index in [1.807, 2.05) is 18.2 Å². The number of rotatable bonds is 1. The molecule has 2 N–H and O–H groups in total. The van der Waals surface area contributed by atoms with E-state index in [2.05, 4.69) is 16.8 Å². The molecule has 0 aromatic carbocycles. The molecular weight excluding hydrogens is 259 g/mol. The summed E-state index contributed by atoms with van der Waals surface area (Å²) in [5, 5.41) is 0. The predicted octanol–water partition coefficient (Wildman–Crippen LogP) is 2.50. The topological polar surface area (TPSA) is 52.0 Å². The van der Waals surface area contributed by atoms with Crippen LogP contribution in [0.2, 0.25) is 0 Å². The second-order valence-corrected chi connectivity index (χ2v) is 2.90. The van der Waals surface area contributed by atoms with Crippen LogP contribution in [-0.4, -0.2) is 11.5 Å². The molecule has 0 aliphatic rings. The molecule has 2 aromatic heterocycles. The molecule has 0 bridgehead atoms. The van der Waals surface area contributed by atoms with Crippen LogP contribution in [-0.2, 0) is 0 Å². The lowest BCUT2D eigenvalue weighted by molar-refractivity contribution is 0.582. The quantitative estimate of drug-likeness (QED) is 0.811. The molecule has 0 saturated heterocycles. The molecule has 17 heavy (non-hydrogen) atoms. The molecule has 3 nitrogen and oxygen atoms in total. The standard InChI is InChI=1S/C12H10N2O.2ClH/c13-6-1-3-10-9-14-7-5-11(10)12-4-2-8-15-12;;/h2,4-5,7-9H,6,13H2;2*1H. The first-order valence-electron chi connectivity index (χ1n) is 4.58. The third-order valence-corrected chi connectivity index (χ3v) is 1.93. The van der Waals surface area contributed by atoms with Crippen LogP contribution < -0.4 is 5.73 Å². The monoisotopic (exact) mass is 270 g/mol. The van der Waals surface area contributed by atoms with Gasteiger partial charge in [0.05, 0.1) is 18.4 Å². The minimum Gasteiger partial charge on any atom is -0.464 e. The Morgan fingerprint density at radius 3 is 2.76 bits per heavy atom. The Morgan fingerprint density at radius 2 is 2.12 bits per heavy atom. The minimum atomic E-state index is 0. The third kappa shape index (κ3) is 3.79. The Kier molecular flexibility index (Phi) is 7.08. The average Bonchev–Trinajstić information content (AvgIpc) is 2.80. The van der Waals surface area contributed by atoms with E-state index in [9.17, 15) is 0 Å². The zero-order valence-corrected chi connectivity index (χ0v) is 10.6. The van der Waals surface area contributed by atoms with E-state index in [0.29, 0.717) is 6.54 Å². The Labute approximate surface area is 112 Å².